The molecule has 104 valence electrons. The van der Waals surface area contributed by atoms with Crippen LogP contribution < -0.4 is 0 Å². The zero-order valence-electron chi connectivity index (χ0n) is 9.79. The van der Waals surface area contributed by atoms with Crippen LogP contribution in [-0.4, -0.2) is 25.8 Å². The summed E-state index contributed by atoms with van der Waals surface area (Å²) in [5.41, 5.74) is 0.870. The first-order chi connectivity index (χ1) is 9.38. The van der Waals surface area contributed by atoms with E-state index in [2.05, 4.69) is 21.0 Å². The first kappa shape index (κ1) is 14.5. The standard InChI is InChI=1S/C11H7BrClN3O4/c12-8-3-6(11(17)18)1-2-7(8)4-15-5-9(13)10(14-15)16(19)20/h1-3,5H,4H2,(H,17,18). The zero-order chi connectivity index (χ0) is 14.9. The van der Waals surface area contributed by atoms with Crippen molar-refractivity contribution in [2.24, 2.45) is 0 Å². The van der Waals surface area contributed by atoms with E-state index in [1.54, 1.807) is 6.07 Å². The SMILES string of the molecule is O=C(O)c1ccc(Cn2cc(Cl)c([N+](=O)[O-])n2)c(Br)c1. The van der Waals surface area contributed by atoms with Gasteiger partial charge in [0.1, 0.15) is 0 Å². The van der Waals surface area contributed by atoms with Crippen LogP contribution in [0.1, 0.15) is 15.9 Å². The largest absolute Gasteiger partial charge is 0.478 e. The van der Waals surface area contributed by atoms with Gasteiger partial charge in [-0.05, 0) is 22.6 Å². The summed E-state index contributed by atoms with van der Waals surface area (Å²) in [5.74, 6) is -1.44. The third-order valence-electron chi connectivity index (χ3n) is 2.50. The highest BCUT2D eigenvalue weighted by Crippen LogP contribution is 2.24. The molecule has 20 heavy (non-hydrogen) atoms. The van der Waals surface area contributed by atoms with E-state index < -0.39 is 16.7 Å². The minimum absolute atomic E-state index is 0.0479. The second-order valence-electron chi connectivity index (χ2n) is 3.87. The Hall–Kier alpha value is -1.93. The monoisotopic (exact) mass is 359 g/mol. The quantitative estimate of drug-likeness (QED) is 0.667. The number of carboxylic acids is 1. The van der Waals surface area contributed by atoms with Gasteiger partial charge in [0.2, 0.25) is 0 Å². The third-order valence-corrected chi connectivity index (χ3v) is 3.51. The smallest absolute Gasteiger partial charge is 0.408 e. The molecular weight excluding hydrogens is 353 g/mol. The summed E-state index contributed by atoms with van der Waals surface area (Å²) < 4.78 is 1.90. The lowest BCUT2D eigenvalue weighted by Gasteiger charge is -2.03. The van der Waals surface area contributed by atoms with Crippen LogP contribution in [0.3, 0.4) is 0 Å². The molecule has 1 aromatic heterocycles. The minimum atomic E-state index is -1.03. The summed E-state index contributed by atoms with van der Waals surface area (Å²) >= 11 is 8.95. The van der Waals surface area contributed by atoms with Crippen LogP contribution in [0.4, 0.5) is 5.82 Å². The number of benzene rings is 1. The topological polar surface area (TPSA) is 98.3 Å². The van der Waals surface area contributed by atoms with Gasteiger partial charge in [0.05, 0.1) is 23.4 Å². The Morgan fingerprint density at radius 2 is 2.25 bits per heavy atom. The predicted molar refractivity (Wildman–Crippen MR) is 74.1 cm³/mol. The third kappa shape index (κ3) is 2.97. The molecule has 0 atom stereocenters. The summed E-state index contributed by atoms with van der Waals surface area (Å²) in [4.78, 5) is 20.8. The van der Waals surface area contributed by atoms with Gasteiger partial charge in [-0.3, -0.25) is 0 Å². The van der Waals surface area contributed by atoms with Crippen molar-refractivity contribution in [3.63, 3.8) is 0 Å². The fourth-order valence-electron chi connectivity index (χ4n) is 1.57. The molecule has 0 radical (unpaired) electrons. The lowest BCUT2D eigenvalue weighted by molar-refractivity contribution is -0.389. The molecule has 1 heterocycles. The highest BCUT2D eigenvalue weighted by atomic mass is 79.9. The highest BCUT2D eigenvalue weighted by molar-refractivity contribution is 9.10. The van der Waals surface area contributed by atoms with Gasteiger partial charge in [-0.25, -0.2) is 4.79 Å². The number of nitrogens with zero attached hydrogens (tertiary/aromatic N) is 3. The van der Waals surface area contributed by atoms with Crippen molar-refractivity contribution in [2.75, 3.05) is 0 Å². The van der Waals surface area contributed by atoms with Crippen molar-refractivity contribution >= 4 is 39.3 Å². The van der Waals surface area contributed by atoms with Crippen molar-refractivity contribution in [3.8, 4) is 0 Å². The Bertz CT molecular complexity index is 701. The summed E-state index contributed by atoms with van der Waals surface area (Å²) in [6, 6.07) is 4.51. The second kappa shape index (κ2) is 5.59. The molecule has 1 N–H and O–H groups in total. The van der Waals surface area contributed by atoms with Crippen LogP contribution >= 0.6 is 27.5 Å². The number of rotatable bonds is 4. The molecule has 0 saturated heterocycles. The number of hydrogen-bond donors (Lipinski definition) is 1. The van der Waals surface area contributed by atoms with Gasteiger partial charge in [-0.2, -0.15) is 4.68 Å². The van der Waals surface area contributed by atoms with E-state index in [9.17, 15) is 14.9 Å². The van der Waals surface area contributed by atoms with E-state index in [0.29, 0.717) is 4.47 Å². The Morgan fingerprint density at radius 3 is 2.75 bits per heavy atom. The van der Waals surface area contributed by atoms with Gasteiger partial charge in [0.25, 0.3) is 0 Å². The highest BCUT2D eigenvalue weighted by Gasteiger charge is 2.19. The lowest BCUT2D eigenvalue weighted by Crippen LogP contribution is -2.03. The summed E-state index contributed by atoms with van der Waals surface area (Å²) in [6.07, 6.45) is 1.34. The van der Waals surface area contributed by atoms with E-state index in [1.165, 1.54) is 23.0 Å². The van der Waals surface area contributed by atoms with Crippen LogP contribution in [0.15, 0.2) is 28.9 Å². The van der Waals surface area contributed by atoms with Gasteiger partial charge in [0.15, 0.2) is 5.02 Å². The fourth-order valence-corrected chi connectivity index (χ4v) is 2.30. The number of carbonyl (C=O) groups is 1. The molecular formula is C11H7BrClN3O4. The molecule has 1 aromatic carbocycles. The maximum absolute atomic E-state index is 10.8. The van der Waals surface area contributed by atoms with Crippen molar-refractivity contribution in [1.29, 1.82) is 0 Å². The van der Waals surface area contributed by atoms with Gasteiger partial charge in [-0.15, -0.1) is 0 Å². The maximum Gasteiger partial charge on any atom is 0.408 e. The molecule has 0 spiro atoms. The summed E-state index contributed by atoms with van der Waals surface area (Å²) in [6.45, 7) is 0.230. The van der Waals surface area contributed by atoms with E-state index in [-0.39, 0.29) is 17.1 Å². The first-order valence-electron chi connectivity index (χ1n) is 5.27. The molecule has 0 bridgehead atoms. The molecule has 0 aliphatic carbocycles. The Labute approximate surface area is 126 Å². The Morgan fingerprint density at radius 1 is 1.55 bits per heavy atom. The van der Waals surface area contributed by atoms with E-state index in [1.807, 2.05) is 0 Å². The van der Waals surface area contributed by atoms with Gasteiger partial charge in [0, 0.05) is 4.47 Å². The number of carboxylic acid groups (broad SMARTS) is 1. The van der Waals surface area contributed by atoms with Gasteiger partial charge >= 0.3 is 11.8 Å². The first-order valence-corrected chi connectivity index (χ1v) is 6.44. The van der Waals surface area contributed by atoms with Crippen molar-refractivity contribution in [1.82, 2.24) is 9.78 Å². The average molecular weight is 361 g/mol. The van der Waals surface area contributed by atoms with Gasteiger partial charge in [-0.1, -0.05) is 33.6 Å². The molecule has 0 aliphatic heterocycles. The van der Waals surface area contributed by atoms with Crippen LogP contribution in [0.5, 0.6) is 0 Å². The zero-order valence-corrected chi connectivity index (χ0v) is 12.1. The van der Waals surface area contributed by atoms with Crippen molar-refractivity contribution < 1.29 is 14.8 Å². The van der Waals surface area contributed by atoms with E-state index >= 15 is 0 Å². The normalized spacial score (nSPS) is 10.5. The van der Waals surface area contributed by atoms with Crippen LogP contribution in [0.25, 0.3) is 0 Å². The average Bonchev–Trinajstić information content (AvgIpc) is 2.73. The summed E-state index contributed by atoms with van der Waals surface area (Å²) in [7, 11) is 0. The molecule has 0 saturated carbocycles. The predicted octanol–water partition coefficient (Wildman–Crippen LogP) is 2.95. The van der Waals surface area contributed by atoms with Crippen LogP contribution in [0.2, 0.25) is 5.02 Å². The number of aromatic carboxylic acids is 1. The molecule has 2 rings (SSSR count). The molecule has 0 amide bonds. The van der Waals surface area contributed by atoms with Crippen molar-refractivity contribution in [2.45, 2.75) is 6.54 Å². The van der Waals surface area contributed by atoms with Crippen molar-refractivity contribution in [3.05, 3.63) is 55.1 Å². The summed E-state index contributed by atoms with van der Waals surface area (Å²) in [5, 5.41) is 23.2. The minimum Gasteiger partial charge on any atom is -0.478 e. The molecule has 2 aromatic rings. The number of halogens is 2. The van der Waals surface area contributed by atoms with Gasteiger partial charge < -0.3 is 15.2 Å². The second-order valence-corrected chi connectivity index (χ2v) is 5.13. The Kier molecular flexibility index (Phi) is 4.05. The van der Waals surface area contributed by atoms with Crippen LogP contribution in [-0.2, 0) is 6.54 Å². The fraction of sp³-hybridized carbons (Fsp3) is 0.0909. The number of hydrogen-bond acceptors (Lipinski definition) is 4. The maximum atomic E-state index is 10.8. The molecule has 9 heteroatoms. The molecule has 7 nitrogen and oxygen atoms in total. The number of nitro groups is 1. The van der Waals surface area contributed by atoms with E-state index in [0.717, 1.165) is 5.56 Å². The van der Waals surface area contributed by atoms with Crippen LogP contribution in [0, 0.1) is 10.1 Å². The van der Waals surface area contributed by atoms with E-state index in [4.69, 9.17) is 16.7 Å². The molecule has 0 aliphatic rings. The molecule has 0 fully saturated rings. The Balaban J connectivity index is 2.28. The molecule has 0 unspecified atom stereocenters. The lowest BCUT2D eigenvalue weighted by atomic mass is 10.1. The number of aromatic nitrogens is 2.